The summed E-state index contributed by atoms with van der Waals surface area (Å²) >= 11 is 5.92. The molecule has 4 nitrogen and oxygen atoms in total. The molecule has 0 amide bonds. The molecular formula is C15H20ClNO3S. The highest BCUT2D eigenvalue weighted by Crippen LogP contribution is 2.31. The van der Waals surface area contributed by atoms with Crippen LogP contribution in [-0.2, 0) is 20.6 Å². The number of sulfonamides is 1. The first-order valence-electron chi connectivity index (χ1n) is 7.23. The zero-order valence-electron chi connectivity index (χ0n) is 12.3. The van der Waals surface area contributed by atoms with E-state index >= 15 is 0 Å². The van der Waals surface area contributed by atoms with Crippen LogP contribution in [-0.4, -0.2) is 38.0 Å². The number of alkyl halides is 1. The monoisotopic (exact) mass is 329 g/mol. The topological polar surface area (TPSA) is 46.6 Å². The van der Waals surface area contributed by atoms with Gasteiger partial charge in [-0.2, -0.15) is 4.31 Å². The Balaban J connectivity index is 1.98. The maximum atomic E-state index is 12.9. The Kier molecular flexibility index (Phi) is 4.03. The van der Waals surface area contributed by atoms with Crippen LogP contribution < -0.4 is 0 Å². The normalized spacial score (nSPS) is 26.2. The lowest BCUT2D eigenvalue weighted by molar-refractivity contribution is -0.0114. The molecule has 0 N–H and O–H groups in total. The van der Waals surface area contributed by atoms with Gasteiger partial charge in [0.1, 0.15) is 0 Å². The number of hydrogen-bond donors (Lipinski definition) is 0. The molecular weight excluding hydrogens is 310 g/mol. The Labute approximate surface area is 131 Å². The predicted molar refractivity (Wildman–Crippen MR) is 82.1 cm³/mol. The quantitative estimate of drug-likeness (QED) is 0.801. The molecule has 2 fully saturated rings. The predicted octanol–water partition coefficient (Wildman–Crippen LogP) is 2.59. The van der Waals surface area contributed by atoms with Crippen LogP contribution in [0.2, 0.25) is 0 Å². The molecule has 116 valence electrons. The molecule has 1 aromatic rings. The van der Waals surface area contributed by atoms with E-state index in [1.54, 1.807) is 10.4 Å². The SMILES string of the molecule is Cc1cc(C)c(S(=O)(=O)N2CC3CCC(C2)O3)cc1CCl. The fraction of sp³-hybridized carbons (Fsp3) is 0.600. The van der Waals surface area contributed by atoms with Crippen LogP contribution in [0.1, 0.15) is 29.5 Å². The van der Waals surface area contributed by atoms with Crippen LogP contribution in [0.15, 0.2) is 17.0 Å². The smallest absolute Gasteiger partial charge is 0.243 e. The maximum Gasteiger partial charge on any atom is 0.243 e. The lowest BCUT2D eigenvalue weighted by Gasteiger charge is -2.31. The van der Waals surface area contributed by atoms with Crippen LogP contribution in [0.5, 0.6) is 0 Å². The van der Waals surface area contributed by atoms with Gasteiger partial charge in [0.2, 0.25) is 10.0 Å². The van der Waals surface area contributed by atoms with E-state index in [1.165, 1.54) is 0 Å². The van der Waals surface area contributed by atoms with E-state index in [9.17, 15) is 8.42 Å². The van der Waals surface area contributed by atoms with Crippen molar-refractivity contribution < 1.29 is 13.2 Å². The third-order valence-electron chi connectivity index (χ3n) is 4.41. The molecule has 0 radical (unpaired) electrons. The first-order valence-corrected chi connectivity index (χ1v) is 9.21. The summed E-state index contributed by atoms with van der Waals surface area (Å²) < 4.78 is 33.2. The fourth-order valence-electron chi connectivity index (χ4n) is 3.21. The average molecular weight is 330 g/mol. The van der Waals surface area contributed by atoms with Crippen molar-refractivity contribution >= 4 is 21.6 Å². The van der Waals surface area contributed by atoms with Crippen molar-refractivity contribution in [2.75, 3.05) is 13.1 Å². The summed E-state index contributed by atoms with van der Waals surface area (Å²) in [6.45, 7) is 4.72. The van der Waals surface area contributed by atoms with Crippen molar-refractivity contribution in [3.63, 3.8) is 0 Å². The Morgan fingerprint density at radius 2 is 1.81 bits per heavy atom. The molecule has 2 atom stereocenters. The minimum atomic E-state index is -3.47. The second-order valence-electron chi connectivity index (χ2n) is 5.96. The number of morpholine rings is 1. The summed E-state index contributed by atoms with van der Waals surface area (Å²) in [6.07, 6.45) is 2.01. The van der Waals surface area contributed by atoms with Crippen molar-refractivity contribution in [3.8, 4) is 0 Å². The van der Waals surface area contributed by atoms with Crippen molar-refractivity contribution in [2.45, 2.75) is 49.7 Å². The highest BCUT2D eigenvalue weighted by Gasteiger charge is 2.39. The second-order valence-corrected chi connectivity index (χ2v) is 8.13. The van der Waals surface area contributed by atoms with Gasteiger partial charge < -0.3 is 4.74 Å². The Bertz CT molecular complexity index is 647. The highest BCUT2D eigenvalue weighted by atomic mass is 35.5. The molecule has 2 bridgehead atoms. The number of nitrogens with zero attached hydrogens (tertiary/aromatic N) is 1. The van der Waals surface area contributed by atoms with E-state index < -0.39 is 10.0 Å². The first-order chi connectivity index (χ1) is 9.91. The number of benzene rings is 1. The number of ether oxygens (including phenoxy) is 1. The fourth-order valence-corrected chi connectivity index (χ4v) is 5.26. The van der Waals surface area contributed by atoms with E-state index in [2.05, 4.69) is 0 Å². The minimum Gasteiger partial charge on any atom is -0.372 e. The lowest BCUT2D eigenvalue weighted by Crippen LogP contribution is -2.45. The summed E-state index contributed by atoms with van der Waals surface area (Å²) in [4.78, 5) is 0.380. The standard InChI is InChI=1S/C15H20ClNO3S/c1-10-5-11(2)15(6-12(10)7-16)21(18,19)17-8-13-3-4-14(9-17)20-13/h5-6,13-14H,3-4,7-9H2,1-2H3. The Morgan fingerprint density at radius 3 is 2.38 bits per heavy atom. The number of hydrogen-bond acceptors (Lipinski definition) is 3. The van der Waals surface area contributed by atoms with Crippen molar-refractivity contribution in [3.05, 3.63) is 28.8 Å². The zero-order valence-corrected chi connectivity index (χ0v) is 13.9. The number of aryl methyl sites for hydroxylation is 2. The summed E-state index contributed by atoms with van der Waals surface area (Å²) in [7, 11) is -3.47. The van der Waals surface area contributed by atoms with Gasteiger partial charge in [-0.3, -0.25) is 0 Å². The van der Waals surface area contributed by atoms with E-state index in [4.69, 9.17) is 16.3 Å². The van der Waals surface area contributed by atoms with Gasteiger partial charge in [0.15, 0.2) is 0 Å². The summed E-state index contributed by atoms with van der Waals surface area (Å²) in [5.74, 6) is 0.322. The van der Waals surface area contributed by atoms with Gasteiger partial charge in [0.25, 0.3) is 0 Å². The molecule has 6 heteroatoms. The maximum absolute atomic E-state index is 12.9. The van der Waals surface area contributed by atoms with Gasteiger partial charge in [-0.15, -0.1) is 11.6 Å². The first kappa shape index (κ1) is 15.3. The van der Waals surface area contributed by atoms with Crippen molar-refractivity contribution in [2.24, 2.45) is 0 Å². The molecule has 0 aliphatic carbocycles. The van der Waals surface area contributed by atoms with Gasteiger partial charge in [-0.05, 0) is 49.4 Å². The highest BCUT2D eigenvalue weighted by molar-refractivity contribution is 7.89. The number of halogens is 1. The van der Waals surface area contributed by atoms with Crippen molar-refractivity contribution in [1.29, 1.82) is 0 Å². The molecule has 2 unspecified atom stereocenters. The van der Waals surface area contributed by atoms with E-state index in [-0.39, 0.29) is 12.2 Å². The summed E-state index contributed by atoms with van der Waals surface area (Å²) in [6, 6.07) is 3.63. The molecule has 2 aliphatic rings. The molecule has 21 heavy (non-hydrogen) atoms. The van der Waals surface area contributed by atoms with Gasteiger partial charge in [0, 0.05) is 19.0 Å². The molecule has 2 heterocycles. The van der Waals surface area contributed by atoms with Crippen LogP contribution in [0.3, 0.4) is 0 Å². The Hall–Kier alpha value is -0.620. The molecule has 0 spiro atoms. The van der Waals surface area contributed by atoms with Crippen LogP contribution in [0.25, 0.3) is 0 Å². The third kappa shape index (κ3) is 2.72. The van der Waals surface area contributed by atoms with Crippen molar-refractivity contribution in [1.82, 2.24) is 4.31 Å². The second kappa shape index (κ2) is 5.54. The Morgan fingerprint density at radius 1 is 1.19 bits per heavy atom. The molecule has 3 rings (SSSR count). The number of fused-ring (bicyclic) bond motifs is 2. The van der Waals surface area contributed by atoms with E-state index in [1.807, 2.05) is 19.9 Å². The lowest BCUT2D eigenvalue weighted by atomic mass is 10.1. The van der Waals surface area contributed by atoms with Gasteiger partial charge >= 0.3 is 0 Å². The summed E-state index contributed by atoms with van der Waals surface area (Å²) in [5, 5.41) is 0. The average Bonchev–Trinajstić information content (AvgIpc) is 2.77. The molecule has 0 saturated carbocycles. The van der Waals surface area contributed by atoms with Crippen LogP contribution >= 0.6 is 11.6 Å². The van der Waals surface area contributed by atoms with Gasteiger partial charge in [-0.1, -0.05) is 6.07 Å². The number of rotatable bonds is 3. The molecule has 2 saturated heterocycles. The molecule has 1 aromatic carbocycles. The third-order valence-corrected chi connectivity index (χ3v) is 6.67. The van der Waals surface area contributed by atoms with Gasteiger partial charge in [-0.25, -0.2) is 8.42 Å². The van der Waals surface area contributed by atoms with Crippen LogP contribution in [0, 0.1) is 13.8 Å². The molecule has 2 aliphatic heterocycles. The van der Waals surface area contributed by atoms with Gasteiger partial charge in [0.05, 0.1) is 17.1 Å². The largest absolute Gasteiger partial charge is 0.372 e. The molecule has 0 aromatic heterocycles. The summed E-state index contributed by atoms with van der Waals surface area (Å²) in [5.41, 5.74) is 2.68. The van der Waals surface area contributed by atoms with E-state index in [0.717, 1.165) is 29.5 Å². The van der Waals surface area contributed by atoms with Crippen LogP contribution in [0.4, 0.5) is 0 Å². The minimum absolute atomic E-state index is 0.0526. The van der Waals surface area contributed by atoms with E-state index in [0.29, 0.717) is 23.9 Å². The zero-order chi connectivity index (χ0) is 15.2.